The second-order valence-electron chi connectivity index (χ2n) is 6.46. The van der Waals surface area contributed by atoms with Gasteiger partial charge in [-0.3, -0.25) is 9.59 Å². The smallest absolute Gasteiger partial charge is 0.275 e. The number of amides is 1. The third kappa shape index (κ3) is 5.15. The zero-order valence-corrected chi connectivity index (χ0v) is 17.5. The Kier molecular flexibility index (Phi) is 7.03. The van der Waals surface area contributed by atoms with Crippen LogP contribution in [0.1, 0.15) is 34.1 Å². The van der Waals surface area contributed by atoms with E-state index in [0.717, 1.165) is 5.56 Å². The van der Waals surface area contributed by atoms with E-state index < -0.39 is 5.91 Å². The van der Waals surface area contributed by atoms with E-state index in [1.807, 2.05) is 44.2 Å². The summed E-state index contributed by atoms with van der Waals surface area (Å²) in [7, 11) is 0. The van der Waals surface area contributed by atoms with Gasteiger partial charge in [-0.15, -0.1) is 0 Å². The Balaban J connectivity index is 1.82. The number of nitrogens with zero attached hydrogens (tertiary/aromatic N) is 2. The second-order valence-corrected chi connectivity index (χ2v) is 7.42. The molecule has 0 bridgehead atoms. The largest absolute Gasteiger partial charge is 0.507 e. The molecule has 1 amide bonds. The Morgan fingerprint density at radius 1 is 1.17 bits per heavy atom. The van der Waals surface area contributed by atoms with Crippen molar-refractivity contribution in [3.8, 4) is 5.75 Å². The van der Waals surface area contributed by atoms with Crippen LogP contribution < -0.4 is 11.0 Å². The summed E-state index contributed by atoms with van der Waals surface area (Å²) in [5.41, 5.74) is 5.30. The van der Waals surface area contributed by atoms with Gasteiger partial charge < -0.3 is 10.1 Å². The minimum Gasteiger partial charge on any atom is -0.507 e. The highest BCUT2D eigenvalue weighted by molar-refractivity contribution is 7.99. The fourth-order valence-electron chi connectivity index (χ4n) is 2.86. The van der Waals surface area contributed by atoms with Crippen LogP contribution in [0, 0.1) is 6.92 Å². The summed E-state index contributed by atoms with van der Waals surface area (Å²) in [6, 6.07) is 15.7. The van der Waals surface area contributed by atoms with Crippen LogP contribution in [0.5, 0.6) is 5.75 Å². The van der Waals surface area contributed by atoms with Crippen molar-refractivity contribution in [2.45, 2.75) is 25.4 Å². The molecule has 154 valence electrons. The number of aromatic amines is 1. The predicted molar refractivity (Wildman–Crippen MR) is 118 cm³/mol. The van der Waals surface area contributed by atoms with Gasteiger partial charge in [0, 0.05) is 17.0 Å². The van der Waals surface area contributed by atoms with Crippen molar-refractivity contribution < 1.29 is 9.90 Å². The molecule has 0 aliphatic heterocycles. The summed E-state index contributed by atoms with van der Waals surface area (Å²) in [5, 5.41) is 14.6. The van der Waals surface area contributed by atoms with E-state index in [0.29, 0.717) is 34.3 Å². The molecular weight excluding hydrogens is 400 g/mol. The summed E-state index contributed by atoms with van der Waals surface area (Å²) in [4.78, 5) is 31.8. The maximum atomic E-state index is 12.4. The topological polar surface area (TPSA) is 107 Å². The average molecular weight is 423 g/mol. The van der Waals surface area contributed by atoms with Gasteiger partial charge in [0.25, 0.3) is 11.5 Å². The number of carbonyl (C=O) groups is 1. The molecule has 0 aliphatic carbocycles. The molecule has 0 aliphatic rings. The molecular formula is C22H22N4O3S. The number of rotatable bonds is 7. The van der Waals surface area contributed by atoms with Crippen molar-refractivity contribution in [2.24, 2.45) is 5.10 Å². The number of aryl methyl sites for hydroxylation is 1. The summed E-state index contributed by atoms with van der Waals surface area (Å²) >= 11 is 1.32. The lowest BCUT2D eigenvalue weighted by Gasteiger charge is -2.09. The van der Waals surface area contributed by atoms with Crippen LogP contribution in [-0.2, 0) is 6.42 Å². The van der Waals surface area contributed by atoms with Crippen LogP contribution in [0.4, 0.5) is 0 Å². The molecule has 2 aromatic carbocycles. The Morgan fingerprint density at radius 3 is 2.53 bits per heavy atom. The van der Waals surface area contributed by atoms with Gasteiger partial charge in [0.05, 0.1) is 11.3 Å². The molecule has 3 N–H and O–H groups in total. The lowest BCUT2D eigenvalue weighted by atomic mass is 10.1. The maximum absolute atomic E-state index is 12.4. The number of nitrogens with one attached hydrogen (secondary N) is 2. The highest BCUT2D eigenvalue weighted by Crippen LogP contribution is 2.17. The van der Waals surface area contributed by atoms with Crippen LogP contribution in [0.2, 0.25) is 0 Å². The number of phenolic OH excluding ortho intramolecular Hbond substituents is 1. The van der Waals surface area contributed by atoms with E-state index >= 15 is 0 Å². The summed E-state index contributed by atoms with van der Waals surface area (Å²) in [5.74, 6) is -0.255. The first-order chi connectivity index (χ1) is 14.5. The quantitative estimate of drug-likeness (QED) is 0.234. The number of para-hydroxylation sites is 1. The van der Waals surface area contributed by atoms with Gasteiger partial charge in [0.1, 0.15) is 5.75 Å². The summed E-state index contributed by atoms with van der Waals surface area (Å²) in [6.45, 7) is 3.73. The van der Waals surface area contributed by atoms with E-state index in [-0.39, 0.29) is 16.9 Å². The number of aromatic hydroxyl groups is 1. The predicted octanol–water partition coefficient (Wildman–Crippen LogP) is 3.27. The average Bonchev–Trinajstić information content (AvgIpc) is 2.74. The van der Waals surface area contributed by atoms with Crippen molar-refractivity contribution >= 4 is 23.4 Å². The number of aromatic nitrogens is 2. The molecule has 0 atom stereocenters. The van der Waals surface area contributed by atoms with Gasteiger partial charge in [-0.05, 0) is 31.0 Å². The Labute approximate surface area is 178 Å². The van der Waals surface area contributed by atoms with E-state index in [9.17, 15) is 14.7 Å². The van der Waals surface area contributed by atoms with Crippen molar-refractivity contribution in [2.75, 3.05) is 5.75 Å². The van der Waals surface area contributed by atoms with Crippen molar-refractivity contribution in [1.82, 2.24) is 15.4 Å². The molecule has 0 unspecified atom stereocenters. The molecule has 0 spiro atoms. The molecule has 0 saturated heterocycles. The van der Waals surface area contributed by atoms with Crippen LogP contribution in [-0.4, -0.2) is 32.4 Å². The minimum atomic E-state index is -0.513. The monoisotopic (exact) mass is 422 g/mol. The molecule has 0 saturated carbocycles. The Morgan fingerprint density at radius 2 is 1.87 bits per heavy atom. The number of benzene rings is 2. The van der Waals surface area contributed by atoms with Crippen LogP contribution in [0.15, 0.2) is 69.6 Å². The molecule has 8 heteroatoms. The van der Waals surface area contributed by atoms with Crippen LogP contribution >= 0.6 is 11.8 Å². The summed E-state index contributed by atoms with van der Waals surface area (Å²) in [6.07, 6.45) is 0.619. The normalized spacial score (nSPS) is 11.3. The molecule has 0 fully saturated rings. The van der Waals surface area contributed by atoms with E-state index in [4.69, 9.17) is 0 Å². The van der Waals surface area contributed by atoms with Crippen molar-refractivity contribution in [3.05, 3.63) is 87.3 Å². The lowest BCUT2D eigenvalue weighted by Crippen LogP contribution is -2.21. The molecule has 1 heterocycles. The number of phenols is 1. The standard InChI is InChI=1S/C22H22N4O3S/c1-3-16-14(2)23-22(24-20(16)28)30-13-18(15-9-5-4-6-10-15)25-26-21(29)17-11-7-8-12-19(17)27/h4-12,27H,3,13H2,1-2H3,(H,26,29)(H,23,24,28). The number of hydrogen-bond acceptors (Lipinski definition) is 6. The molecule has 3 aromatic rings. The third-order valence-corrected chi connectivity index (χ3v) is 5.33. The summed E-state index contributed by atoms with van der Waals surface area (Å²) < 4.78 is 0. The van der Waals surface area contributed by atoms with Crippen molar-refractivity contribution in [1.29, 1.82) is 0 Å². The van der Waals surface area contributed by atoms with Gasteiger partial charge in [-0.25, -0.2) is 10.4 Å². The second kappa shape index (κ2) is 9.89. The van der Waals surface area contributed by atoms with Gasteiger partial charge in [0.15, 0.2) is 5.16 Å². The van der Waals surface area contributed by atoms with Crippen LogP contribution in [0.3, 0.4) is 0 Å². The molecule has 7 nitrogen and oxygen atoms in total. The SMILES string of the molecule is CCc1c(C)nc(SCC(=NNC(=O)c2ccccc2O)c2ccccc2)[nH]c1=O. The number of hydrazone groups is 1. The van der Waals surface area contributed by atoms with Gasteiger partial charge >= 0.3 is 0 Å². The number of hydrogen-bond donors (Lipinski definition) is 3. The highest BCUT2D eigenvalue weighted by atomic mass is 32.2. The fraction of sp³-hybridized carbons (Fsp3) is 0.182. The molecule has 3 rings (SSSR count). The van der Waals surface area contributed by atoms with Gasteiger partial charge in [-0.2, -0.15) is 5.10 Å². The Hall–Kier alpha value is -3.39. The maximum Gasteiger partial charge on any atom is 0.275 e. The number of H-pyrrole nitrogens is 1. The zero-order chi connectivity index (χ0) is 21.5. The lowest BCUT2D eigenvalue weighted by molar-refractivity contribution is 0.0952. The fourth-order valence-corrected chi connectivity index (χ4v) is 3.73. The molecule has 30 heavy (non-hydrogen) atoms. The molecule has 0 radical (unpaired) electrons. The van der Waals surface area contributed by atoms with Crippen LogP contribution in [0.25, 0.3) is 0 Å². The van der Waals surface area contributed by atoms with Gasteiger partial charge in [0.2, 0.25) is 0 Å². The van der Waals surface area contributed by atoms with E-state index in [1.165, 1.54) is 23.9 Å². The first-order valence-electron chi connectivity index (χ1n) is 9.42. The zero-order valence-electron chi connectivity index (χ0n) is 16.7. The van der Waals surface area contributed by atoms with E-state index in [2.05, 4.69) is 20.5 Å². The minimum absolute atomic E-state index is 0.117. The number of thioether (sulfide) groups is 1. The first kappa shape index (κ1) is 21.3. The highest BCUT2D eigenvalue weighted by Gasteiger charge is 2.12. The van der Waals surface area contributed by atoms with Crippen molar-refractivity contribution in [3.63, 3.8) is 0 Å². The first-order valence-corrected chi connectivity index (χ1v) is 10.4. The molecule has 1 aromatic heterocycles. The number of carbonyl (C=O) groups excluding carboxylic acids is 1. The van der Waals surface area contributed by atoms with E-state index in [1.54, 1.807) is 12.1 Å². The van der Waals surface area contributed by atoms with Gasteiger partial charge in [-0.1, -0.05) is 61.2 Å². The third-order valence-electron chi connectivity index (χ3n) is 4.45. The Bertz CT molecular complexity index is 1130.